The normalized spacial score (nSPS) is 10.3. The fraction of sp³-hybridized carbons (Fsp3) is 0.286. The van der Waals surface area contributed by atoms with Crippen LogP contribution in [0.5, 0.6) is 0 Å². The summed E-state index contributed by atoms with van der Waals surface area (Å²) >= 11 is 1.37. The maximum atomic E-state index is 11.4. The first-order valence-electron chi connectivity index (χ1n) is 6.12. The van der Waals surface area contributed by atoms with E-state index in [1.165, 1.54) is 18.4 Å². The lowest BCUT2D eigenvalue weighted by atomic mass is 10.1. The Morgan fingerprint density at radius 3 is 2.90 bits per heavy atom. The number of nitrogens with zero attached hydrogens (tertiary/aromatic N) is 1. The van der Waals surface area contributed by atoms with Crippen LogP contribution in [0.1, 0.15) is 16.1 Å². The predicted octanol–water partition coefficient (Wildman–Crippen LogP) is 2.86. The number of aromatic nitrogens is 1. The first-order chi connectivity index (χ1) is 9.74. The molecule has 0 aliphatic heterocycles. The number of thiazole rings is 1. The second kappa shape index (κ2) is 7.02. The summed E-state index contributed by atoms with van der Waals surface area (Å²) in [6, 6.07) is 7.95. The lowest BCUT2D eigenvalue weighted by Crippen LogP contribution is -2.02. The molecule has 0 radical (unpaired) electrons. The summed E-state index contributed by atoms with van der Waals surface area (Å²) in [6.45, 7) is 0.657. The minimum Gasteiger partial charge on any atom is -0.464 e. The second-order valence-corrected chi connectivity index (χ2v) is 4.91. The third kappa shape index (κ3) is 3.55. The van der Waals surface area contributed by atoms with E-state index < -0.39 is 5.97 Å². The van der Waals surface area contributed by atoms with Gasteiger partial charge in [-0.1, -0.05) is 18.2 Å². The fourth-order valence-corrected chi connectivity index (χ4v) is 2.41. The summed E-state index contributed by atoms with van der Waals surface area (Å²) in [5.74, 6) is -0.429. The second-order valence-electron chi connectivity index (χ2n) is 4.05. The highest BCUT2D eigenvalue weighted by molar-refractivity contribution is 7.14. The Kier molecular flexibility index (Phi) is 5.09. The summed E-state index contributed by atoms with van der Waals surface area (Å²) in [5, 5.41) is 5.56. The van der Waals surface area contributed by atoms with Crippen LogP contribution >= 0.6 is 11.3 Å². The highest BCUT2D eigenvalue weighted by Crippen LogP contribution is 2.24. The van der Waals surface area contributed by atoms with Crippen LogP contribution in [0, 0.1) is 0 Å². The van der Waals surface area contributed by atoms with Gasteiger partial charge in [0.1, 0.15) is 0 Å². The summed E-state index contributed by atoms with van der Waals surface area (Å²) < 4.78 is 9.74. The van der Waals surface area contributed by atoms with E-state index in [4.69, 9.17) is 4.74 Å². The summed E-state index contributed by atoms with van der Waals surface area (Å²) in [4.78, 5) is 15.6. The molecule has 2 rings (SSSR count). The van der Waals surface area contributed by atoms with Crippen molar-refractivity contribution >= 4 is 28.1 Å². The van der Waals surface area contributed by atoms with Crippen molar-refractivity contribution in [2.75, 3.05) is 26.1 Å². The monoisotopic (exact) mass is 292 g/mol. The van der Waals surface area contributed by atoms with Crippen LogP contribution in [-0.4, -0.2) is 31.8 Å². The molecule has 0 saturated carbocycles. The van der Waals surface area contributed by atoms with Crippen LogP contribution in [0.4, 0.5) is 10.8 Å². The zero-order valence-electron chi connectivity index (χ0n) is 11.4. The summed E-state index contributed by atoms with van der Waals surface area (Å²) in [6.07, 6.45) is 0.814. The van der Waals surface area contributed by atoms with Gasteiger partial charge < -0.3 is 14.8 Å². The molecular weight excluding hydrogens is 276 g/mol. The highest BCUT2D eigenvalue weighted by atomic mass is 32.1. The van der Waals surface area contributed by atoms with Crippen LogP contribution in [0.2, 0.25) is 0 Å². The van der Waals surface area contributed by atoms with Crippen molar-refractivity contribution in [1.82, 2.24) is 4.98 Å². The van der Waals surface area contributed by atoms with Crippen LogP contribution in [0.3, 0.4) is 0 Å². The molecule has 0 spiro atoms. The average Bonchev–Trinajstić information content (AvgIpc) is 2.94. The molecule has 2 aromatic rings. The van der Waals surface area contributed by atoms with Gasteiger partial charge in [-0.2, -0.15) is 0 Å². The standard InChI is InChI=1S/C14H16N2O3S/c1-18-8-7-10-5-3-4-6-11(10)15-14-16-12(9-20-14)13(17)19-2/h3-6,9H,7-8H2,1-2H3,(H,15,16). The van der Waals surface area contributed by atoms with Crippen molar-refractivity contribution in [3.8, 4) is 0 Å². The zero-order valence-corrected chi connectivity index (χ0v) is 12.2. The molecule has 1 aromatic heterocycles. The molecule has 0 amide bonds. The van der Waals surface area contributed by atoms with Crippen molar-refractivity contribution in [3.63, 3.8) is 0 Å². The predicted molar refractivity (Wildman–Crippen MR) is 78.8 cm³/mol. The molecule has 1 heterocycles. The number of carbonyl (C=O) groups is 1. The number of esters is 1. The number of hydrogen-bond donors (Lipinski definition) is 1. The largest absolute Gasteiger partial charge is 0.464 e. The Bertz CT molecular complexity index is 583. The molecular formula is C14H16N2O3S. The number of anilines is 2. The van der Waals surface area contributed by atoms with Crippen LogP contribution in [0.15, 0.2) is 29.6 Å². The van der Waals surface area contributed by atoms with Crippen molar-refractivity contribution in [2.45, 2.75) is 6.42 Å². The molecule has 1 aromatic carbocycles. The summed E-state index contributed by atoms with van der Waals surface area (Å²) in [7, 11) is 3.02. The Morgan fingerprint density at radius 1 is 1.35 bits per heavy atom. The van der Waals surface area contributed by atoms with Gasteiger partial charge in [-0.05, 0) is 18.1 Å². The van der Waals surface area contributed by atoms with Gasteiger partial charge in [-0.25, -0.2) is 9.78 Å². The Labute approximate surface area is 121 Å². The summed E-state index contributed by atoms with van der Waals surface area (Å²) in [5.41, 5.74) is 2.42. The van der Waals surface area contributed by atoms with Gasteiger partial charge >= 0.3 is 5.97 Å². The van der Waals surface area contributed by atoms with E-state index in [0.717, 1.165) is 17.7 Å². The maximum Gasteiger partial charge on any atom is 0.357 e. The molecule has 20 heavy (non-hydrogen) atoms. The molecule has 0 saturated heterocycles. The number of hydrogen-bond acceptors (Lipinski definition) is 6. The van der Waals surface area contributed by atoms with Crippen molar-refractivity contribution < 1.29 is 14.3 Å². The topological polar surface area (TPSA) is 60.5 Å². The van der Waals surface area contributed by atoms with Gasteiger partial charge in [0.2, 0.25) is 0 Å². The van der Waals surface area contributed by atoms with E-state index in [1.54, 1.807) is 12.5 Å². The minimum atomic E-state index is -0.429. The lowest BCUT2D eigenvalue weighted by molar-refractivity contribution is 0.0595. The quantitative estimate of drug-likeness (QED) is 0.830. The average molecular weight is 292 g/mol. The number of nitrogens with one attached hydrogen (secondary N) is 1. The third-order valence-corrected chi connectivity index (χ3v) is 3.49. The number of para-hydroxylation sites is 1. The van der Waals surface area contributed by atoms with E-state index in [1.807, 2.05) is 24.3 Å². The van der Waals surface area contributed by atoms with Gasteiger partial charge in [0.15, 0.2) is 10.8 Å². The molecule has 5 nitrogen and oxygen atoms in total. The molecule has 0 fully saturated rings. The molecule has 0 atom stereocenters. The zero-order chi connectivity index (χ0) is 14.4. The van der Waals surface area contributed by atoms with E-state index >= 15 is 0 Å². The van der Waals surface area contributed by atoms with Crippen LogP contribution in [-0.2, 0) is 15.9 Å². The molecule has 0 aliphatic carbocycles. The van der Waals surface area contributed by atoms with Gasteiger partial charge in [0, 0.05) is 18.2 Å². The highest BCUT2D eigenvalue weighted by Gasteiger charge is 2.11. The van der Waals surface area contributed by atoms with E-state index in [0.29, 0.717) is 17.4 Å². The third-order valence-electron chi connectivity index (χ3n) is 2.73. The SMILES string of the molecule is COCCc1ccccc1Nc1nc(C(=O)OC)cs1. The van der Waals surface area contributed by atoms with Crippen LogP contribution in [0.25, 0.3) is 0 Å². The molecule has 0 bridgehead atoms. The smallest absolute Gasteiger partial charge is 0.357 e. The van der Waals surface area contributed by atoms with Gasteiger partial charge in [-0.3, -0.25) is 0 Å². The van der Waals surface area contributed by atoms with Crippen molar-refractivity contribution in [2.24, 2.45) is 0 Å². The maximum absolute atomic E-state index is 11.4. The lowest BCUT2D eigenvalue weighted by Gasteiger charge is -2.09. The number of benzene rings is 1. The van der Waals surface area contributed by atoms with Crippen molar-refractivity contribution in [3.05, 3.63) is 40.9 Å². The van der Waals surface area contributed by atoms with Gasteiger partial charge in [0.05, 0.1) is 13.7 Å². The molecule has 106 valence electrons. The molecule has 6 heteroatoms. The van der Waals surface area contributed by atoms with Crippen LogP contribution < -0.4 is 5.32 Å². The number of carbonyl (C=O) groups excluding carboxylic acids is 1. The Hall–Kier alpha value is -1.92. The molecule has 0 unspecified atom stereocenters. The number of methoxy groups -OCH3 is 2. The van der Waals surface area contributed by atoms with Gasteiger partial charge in [0.25, 0.3) is 0 Å². The van der Waals surface area contributed by atoms with Crippen molar-refractivity contribution in [1.29, 1.82) is 0 Å². The number of rotatable bonds is 6. The Morgan fingerprint density at radius 2 is 2.15 bits per heavy atom. The fourth-order valence-electron chi connectivity index (χ4n) is 1.72. The Balaban J connectivity index is 2.13. The first kappa shape index (κ1) is 14.5. The van der Waals surface area contributed by atoms with Gasteiger partial charge in [-0.15, -0.1) is 11.3 Å². The van der Waals surface area contributed by atoms with E-state index in [-0.39, 0.29) is 0 Å². The molecule has 0 aliphatic rings. The number of ether oxygens (including phenoxy) is 2. The minimum absolute atomic E-state index is 0.314. The first-order valence-corrected chi connectivity index (χ1v) is 7.00. The van der Waals surface area contributed by atoms with E-state index in [2.05, 4.69) is 15.0 Å². The molecule has 1 N–H and O–H groups in total. The van der Waals surface area contributed by atoms with E-state index in [9.17, 15) is 4.79 Å².